The van der Waals surface area contributed by atoms with Crippen molar-refractivity contribution in [2.75, 3.05) is 32.1 Å². The third-order valence-corrected chi connectivity index (χ3v) is 3.73. The highest BCUT2D eigenvalue weighted by Crippen LogP contribution is 2.22. The third-order valence-electron chi connectivity index (χ3n) is 3.73. The summed E-state index contributed by atoms with van der Waals surface area (Å²) in [6.07, 6.45) is 1.11. The SMILES string of the molecule is COC1(C(=O)NCC(=O)Nc2cccc(F)c2)CCNCC1. The van der Waals surface area contributed by atoms with Crippen molar-refractivity contribution in [3.8, 4) is 0 Å². The Morgan fingerprint density at radius 1 is 1.36 bits per heavy atom. The van der Waals surface area contributed by atoms with Gasteiger partial charge >= 0.3 is 0 Å². The number of carbonyl (C=O) groups excluding carboxylic acids is 2. The number of anilines is 1. The summed E-state index contributed by atoms with van der Waals surface area (Å²) in [5, 5.41) is 8.26. The summed E-state index contributed by atoms with van der Waals surface area (Å²) in [5.41, 5.74) is -0.535. The van der Waals surface area contributed by atoms with Gasteiger partial charge in [-0.1, -0.05) is 6.07 Å². The number of benzene rings is 1. The maximum Gasteiger partial charge on any atom is 0.252 e. The molecule has 2 amide bonds. The van der Waals surface area contributed by atoms with Gasteiger partial charge in [-0.2, -0.15) is 0 Å². The van der Waals surface area contributed by atoms with Gasteiger partial charge in [-0.15, -0.1) is 0 Å². The summed E-state index contributed by atoms with van der Waals surface area (Å²) >= 11 is 0. The molecule has 2 rings (SSSR count). The monoisotopic (exact) mass is 309 g/mol. The first-order valence-electron chi connectivity index (χ1n) is 7.15. The lowest BCUT2D eigenvalue weighted by molar-refractivity contribution is -0.147. The van der Waals surface area contributed by atoms with E-state index in [1.807, 2.05) is 0 Å². The van der Waals surface area contributed by atoms with Crippen molar-refractivity contribution in [2.24, 2.45) is 0 Å². The second kappa shape index (κ2) is 7.33. The highest BCUT2D eigenvalue weighted by Gasteiger charge is 2.39. The van der Waals surface area contributed by atoms with E-state index in [2.05, 4.69) is 16.0 Å². The highest BCUT2D eigenvalue weighted by molar-refractivity contribution is 5.96. The van der Waals surface area contributed by atoms with Crippen LogP contribution in [0.1, 0.15) is 12.8 Å². The fraction of sp³-hybridized carbons (Fsp3) is 0.467. The molecule has 1 saturated heterocycles. The van der Waals surface area contributed by atoms with E-state index in [1.54, 1.807) is 6.07 Å². The molecular formula is C15H20FN3O3. The number of ether oxygens (including phenoxy) is 1. The van der Waals surface area contributed by atoms with Crippen molar-refractivity contribution in [2.45, 2.75) is 18.4 Å². The van der Waals surface area contributed by atoms with Crippen LogP contribution in [-0.2, 0) is 14.3 Å². The molecule has 1 aromatic carbocycles. The molecule has 0 bridgehead atoms. The number of nitrogens with one attached hydrogen (secondary N) is 3. The topological polar surface area (TPSA) is 79.5 Å². The van der Waals surface area contributed by atoms with Gasteiger partial charge in [0.1, 0.15) is 11.4 Å². The smallest absolute Gasteiger partial charge is 0.252 e. The first kappa shape index (κ1) is 16.4. The van der Waals surface area contributed by atoms with Gasteiger partial charge in [0.25, 0.3) is 5.91 Å². The number of hydrogen-bond acceptors (Lipinski definition) is 4. The number of carbonyl (C=O) groups is 2. The van der Waals surface area contributed by atoms with Crippen LogP contribution in [0.25, 0.3) is 0 Å². The summed E-state index contributed by atoms with van der Waals surface area (Å²) in [5.74, 6) is -1.15. The van der Waals surface area contributed by atoms with Gasteiger partial charge in [-0.25, -0.2) is 4.39 Å². The second-order valence-electron chi connectivity index (χ2n) is 5.19. The Morgan fingerprint density at radius 2 is 2.09 bits per heavy atom. The molecule has 0 atom stereocenters. The summed E-state index contributed by atoms with van der Waals surface area (Å²) in [6.45, 7) is 1.20. The molecule has 1 fully saturated rings. The van der Waals surface area contributed by atoms with Crippen LogP contribution in [0.2, 0.25) is 0 Å². The Balaban J connectivity index is 1.86. The van der Waals surface area contributed by atoms with Crippen molar-refractivity contribution < 1.29 is 18.7 Å². The predicted molar refractivity (Wildman–Crippen MR) is 79.9 cm³/mol. The fourth-order valence-electron chi connectivity index (χ4n) is 2.45. The van der Waals surface area contributed by atoms with Gasteiger partial charge in [0.15, 0.2) is 0 Å². The van der Waals surface area contributed by atoms with Crippen LogP contribution < -0.4 is 16.0 Å². The maximum absolute atomic E-state index is 13.0. The van der Waals surface area contributed by atoms with Crippen molar-refractivity contribution in [3.05, 3.63) is 30.1 Å². The molecule has 7 heteroatoms. The summed E-state index contributed by atoms with van der Waals surface area (Å²) in [7, 11) is 1.50. The molecule has 1 heterocycles. The van der Waals surface area contributed by atoms with Gasteiger partial charge in [-0.05, 0) is 44.1 Å². The second-order valence-corrected chi connectivity index (χ2v) is 5.19. The highest BCUT2D eigenvalue weighted by atomic mass is 19.1. The standard InChI is InChI=1S/C15H20FN3O3/c1-22-15(5-7-17-8-6-15)14(21)18-10-13(20)19-12-4-2-3-11(16)9-12/h2-4,9,17H,5-8,10H2,1H3,(H,18,21)(H,19,20). The number of rotatable bonds is 5. The zero-order valence-electron chi connectivity index (χ0n) is 12.4. The van der Waals surface area contributed by atoms with E-state index in [-0.39, 0.29) is 12.5 Å². The Labute approximate surface area is 128 Å². The largest absolute Gasteiger partial charge is 0.368 e. The lowest BCUT2D eigenvalue weighted by Crippen LogP contribution is -2.55. The van der Waals surface area contributed by atoms with Gasteiger partial charge in [0.05, 0.1) is 6.54 Å². The lowest BCUT2D eigenvalue weighted by atomic mass is 9.91. The van der Waals surface area contributed by atoms with E-state index in [9.17, 15) is 14.0 Å². The molecule has 0 spiro atoms. The molecule has 22 heavy (non-hydrogen) atoms. The molecule has 0 aliphatic carbocycles. The van der Waals surface area contributed by atoms with E-state index in [1.165, 1.54) is 25.3 Å². The molecule has 3 N–H and O–H groups in total. The average molecular weight is 309 g/mol. The lowest BCUT2D eigenvalue weighted by Gasteiger charge is -2.34. The van der Waals surface area contributed by atoms with Crippen LogP contribution >= 0.6 is 0 Å². The number of amides is 2. The van der Waals surface area contributed by atoms with Crippen LogP contribution in [-0.4, -0.2) is 44.2 Å². The van der Waals surface area contributed by atoms with E-state index < -0.39 is 17.3 Å². The summed E-state index contributed by atoms with van der Waals surface area (Å²) < 4.78 is 18.4. The van der Waals surface area contributed by atoms with E-state index in [0.717, 1.165) is 0 Å². The zero-order chi connectivity index (χ0) is 16.0. The van der Waals surface area contributed by atoms with Crippen LogP contribution in [0.5, 0.6) is 0 Å². The van der Waals surface area contributed by atoms with Crippen LogP contribution in [0.3, 0.4) is 0 Å². The van der Waals surface area contributed by atoms with Crippen LogP contribution in [0, 0.1) is 5.82 Å². The quantitative estimate of drug-likeness (QED) is 0.746. The van der Waals surface area contributed by atoms with E-state index in [4.69, 9.17) is 4.74 Å². The molecule has 0 unspecified atom stereocenters. The molecule has 120 valence electrons. The van der Waals surface area contributed by atoms with Crippen molar-refractivity contribution in [1.29, 1.82) is 0 Å². The first-order chi connectivity index (χ1) is 10.6. The van der Waals surface area contributed by atoms with Crippen molar-refractivity contribution in [3.63, 3.8) is 0 Å². The molecule has 1 aliphatic rings. The van der Waals surface area contributed by atoms with Crippen molar-refractivity contribution in [1.82, 2.24) is 10.6 Å². The minimum Gasteiger partial charge on any atom is -0.368 e. The van der Waals surface area contributed by atoms with E-state index in [0.29, 0.717) is 31.6 Å². The van der Waals surface area contributed by atoms with Gasteiger partial charge in [0.2, 0.25) is 5.91 Å². The number of methoxy groups -OCH3 is 1. The minimum atomic E-state index is -0.885. The molecule has 0 saturated carbocycles. The molecule has 0 radical (unpaired) electrons. The Bertz CT molecular complexity index is 545. The first-order valence-corrected chi connectivity index (χ1v) is 7.15. The minimum absolute atomic E-state index is 0.187. The van der Waals surface area contributed by atoms with E-state index >= 15 is 0 Å². The fourth-order valence-corrected chi connectivity index (χ4v) is 2.45. The number of halogens is 1. The summed E-state index contributed by atoms with van der Waals surface area (Å²) in [6, 6.07) is 5.57. The van der Waals surface area contributed by atoms with Crippen molar-refractivity contribution >= 4 is 17.5 Å². The Hall–Kier alpha value is -1.99. The Morgan fingerprint density at radius 3 is 2.73 bits per heavy atom. The van der Waals surface area contributed by atoms with Gasteiger partial charge in [-0.3, -0.25) is 9.59 Å². The third kappa shape index (κ3) is 4.02. The molecular weight excluding hydrogens is 289 g/mol. The van der Waals surface area contributed by atoms with Crippen LogP contribution in [0.4, 0.5) is 10.1 Å². The summed E-state index contributed by atoms with van der Waals surface area (Å²) in [4.78, 5) is 24.1. The van der Waals surface area contributed by atoms with Crippen LogP contribution in [0.15, 0.2) is 24.3 Å². The zero-order valence-corrected chi connectivity index (χ0v) is 12.4. The number of hydrogen-bond donors (Lipinski definition) is 3. The Kier molecular flexibility index (Phi) is 5.46. The number of piperidine rings is 1. The maximum atomic E-state index is 13.0. The predicted octanol–water partition coefficient (Wildman–Crippen LogP) is 0.649. The molecule has 0 aromatic heterocycles. The molecule has 1 aromatic rings. The van der Waals surface area contributed by atoms with Gasteiger partial charge in [0, 0.05) is 12.8 Å². The normalized spacial score (nSPS) is 16.8. The molecule has 1 aliphatic heterocycles. The molecule has 6 nitrogen and oxygen atoms in total. The average Bonchev–Trinajstić information content (AvgIpc) is 2.53. The van der Waals surface area contributed by atoms with Gasteiger partial charge < -0.3 is 20.7 Å².